The highest BCUT2D eigenvalue weighted by Crippen LogP contribution is 2.49. The van der Waals surface area contributed by atoms with Crippen LogP contribution in [0.3, 0.4) is 0 Å². The van der Waals surface area contributed by atoms with E-state index in [1.54, 1.807) is 0 Å². The summed E-state index contributed by atoms with van der Waals surface area (Å²) in [6.07, 6.45) is 1.17. The van der Waals surface area contributed by atoms with E-state index in [0.29, 0.717) is 13.2 Å². The van der Waals surface area contributed by atoms with Crippen LogP contribution in [0.2, 0.25) is 0 Å². The Morgan fingerprint density at radius 3 is 2.26 bits per heavy atom. The van der Waals surface area contributed by atoms with Crippen molar-refractivity contribution in [2.45, 2.75) is 39.0 Å². The summed E-state index contributed by atoms with van der Waals surface area (Å²) in [7, 11) is 0. The maximum Gasteiger partial charge on any atom is 0.303 e. The largest absolute Gasteiger partial charge is 0.481 e. The van der Waals surface area contributed by atoms with Gasteiger partial charge >= 0.3 is 5.97 Å². The van der Waals surface area contributed by atoms with E-state index < -0.39 is 5.97 Å². The minimum absolute atomic E-state index is 0.159. The Hall–Kier alpha value is -1.35. The van der Waals surface area contributed by atoms with Crippen LogP contribution >= 0.6 is 0 Å². The van der Waals surface area contributed by atoms with Crippen LogP contribution in [0.4, 0.5) is 0 Å². The van der Waals surface area contributed by atoms with Gasteiger partial charge in [-0.2, -0.15) is 0 Å². The number of aryl methyl sites for hydroxylation is 1. The Bertz CT molecular complexity index is 455. The normalized spacial score (nSPS) is 17.8. The molecular formula is C16H22O3. The van der Waals surface area contributed by atoms with E-state index in [0.717, 1.165) is 6.42 Å². The zero-order valence-corrected chi connectivity index (χ0v) is 11.9. The van der Waals surface area contributed by atoms with Gasteiger partial charge in [-0.25, -0.2) is 0 Å². The molecule has 1 aromatic rings. The molecule has 0 saturated carbocycles. The summed E-state index contributed by atoms with van der Waals surface area (Å²) in [5.74, 6) is -0.749. The summed E-state index contributed by atoms with van der Waals surface area (Å²) in [5.41, 5.74) is 2.01. The zero-order chi connectivity index (χ0) is 14.1. The molecule has 0 unspecified atom stereocenters. The van der Waals surface area contributed by atoms with Gasteiger partial charge in [0, 0.05) is 5.41 Å². The lowest BCUT2D eigenvalue weighted by molar-refractivity contribution is -0.151. The number of ether oxygens (including phenoxy) is 1. The number of hydrogen-bond acceptors (Lipinski definition) is 2. The van der Waals surface area contributed by atoms with Crippen LogP contribution in [0.25, 0.3) is 0 Å². The number of carbonyl (C=O) groups is 1. The Morgan fingerprint density at radius 1 is 1.32 bits per heavy atom. The van der Waals surface area contributed by atoms with Gasteiger partial charge in [0.1, 0.15) is 0 Å². The molecule has 0 radical (unpaired) electrons. The molecule has 1 N–H and O–H groups in total. The van der Waals surface area contributed by atoms with Gasteiger partial charge in [0.25, 0.3) is 0 Å². The lowest BCUT2D eigenvalue weighted by Gasteiger charge is -2.52. The first-order chi connectivity index (χ1) is 8.91. The molecule has 1 aromatic carbocycles. The van der Waals surface area contributed by atoms with Gasteiger partial charge < -0.3 is 9.84 Å². The van der Waals surface area contributed by atoms with Crippen molar-refractivity contribution in [1.82, 2.24) is 0 Å². The fourth-order valence-electron chi connectivity index (χ4n) is 2.86. The molecule has 1 heterocycles. The first-order valence-electron chi connectivity index (χ1n) is 6.80. The fourth-order valence-corrected chi connectivity index (χ4v) is 2.86. The monoisotopic (exact) mass is 262 g/mol. The minimum atomic E-state index is -0.749. The molecule has 3 nitrogen and oxygen atoms in total. The number of rotatable bonds is 5. The van der Waals surface area contributed by atoms with Crippen molar-refractivity contribution in [2.75, 3.05) is 13.2 Å². The van der Waals surface area contributed by atoms with Gasteiger partial charge in [-0.1, -0.05) is 45.0 Å². The van der Waals surface area contributed by atoms with E-state index in [2.05, 4.69) is 31.2 Å². The minimum Gasteiger partial charge on any atom is -0.481 e. The molecule has 0 aliphatic carbocycles. The van der Waals surface area contributed by atoms with Crippen molar-refractivity contribution >= 4 is 5.97 Å². The molecule has 1 aliphatic heterocycles. The smallest absolute Gasteiger partial charge is 0.303 e. The third-order valence-electron chi connectivity index (χ3n) is 4.50. The van der Waals surface area contributed by atoms with E-state index in [-0.39, 0.29) is 17.3 Å². The standard InChI is InChI=1S/C16H22O3/c1-4-12-5-7-13(8-6-12)16(10-19-11-16)15(2,3)9-14(17)18/h5-8H,4,9-11H2,1-3H3,(H,17,18). The predicted octanol–water partition coefficient (Wildman–Crippen LogP) is 3.02. The quantitative estimate of drug-likeness (QED) is 0.887. The van der Waals surface area contributed by atoms with Crippen molar-refractivity contribution in [3.8, 4) is 0 Å². The predicted molar refractivity (Wildman–Crippen MR) is 74.4 cm³/mol. The van der Waals surface area contributed by atoms with Crippen molar-refractivity contribution < 1.29 is 14.6 Å². The van der Waals surface area contributed by atoms with Crippen molar-refractivity contribution in [3.63, 3.8) is 0 Å². The third kappa shape index (κ3) is 2.39. The van der Waals surface area contributed by atoms with Crippen molar-refractivity contribution in [2.24, 2.45) is 5.41 Å². The molecule has 104 valence electrons. The van der Waals surface area contributed by atoms with E-state index in [1.165, 1.54) is 11.1 Å². The van der Waals surface area contributed by atoms with Crippen LogP contribution in [0.15, 0.2) is 24.3 Å². The topological polar surface area (TPSA) is 46.5 Å². The summed E-state index contributed by atoms with van der Waals surface area (Å²) < 4.78 is 5.42. The molecule has 0 aromatic heterocycles. The summed E-state index contributed by atoms with van der Waals surface area (Å²) in [5, 5.41) is 9.12. The molecule has 0 amide bonds. The Kier molecular flexibility index (Phi) is 3.68. The van der Waals surface area contributed by atoms with Gasteiger partial charge in [0.15, 0.2) is 0 Å². The van der Waals surface area contributed by atoms with Gasteiger partial charge in [-0.15, -0.1) is 0 Å². The maximum atomic E-state index is 11.1. The van der Waals surface area contributed by atoms with Crippen LogP contribution < -0.4 is 0 Å². The molecule has 3 heteroatoms. The van der Waals surface area contributed by atoms with Gasteiger partial charge in [0.2, 0.25) is 0 Å². The van der Waals surface area contributed by atoms with Crippen LogP contribution in [-0.4, -0.2) is 24.3 Å². The van der Waals surface area contributed by atoms with E-state index in [4.69, 9.17) is 9.84 Å². The average Bonchev–Trinajstić information content (AvgIpc) is 2.26. The molecule has 0 bridgehead atoms. The Labute approximate surface area is 114 Å². The highest BCUT2D eigenvalue weighted by Gasteiger charge is 2.52. The highest BCUT2D eigenvalue weighted by atomic mass is 16.5. The Balaban J connectivity index is 2.33. The molecule has 1 saturated heterocycles. The van der Waals surface area contributed by atoms with Crippen LogP contribution in [-0.2, 0) is 21.4 Å². The third-order valence-corrected chi connectivity index (χ3v) is 4.50. The van der Waals surface area contributed by atoms with Gasteiger partial charge in [-0.3, -0.25) is 4.79 Å². The second-order valence-corrected chi connectivity index (χ2v) is 6.08. The highest BCUT2D eigenvalue weighted by molar-refractivity contribution is 5.68. The number of carboxylic acids is 1. The second kappa shape index (κ2) is 4.97. The van der Waals surface area contributed by atoms with E-state index in [9.17, 15) is 4.79 Å². The number of hydrogen-bond donors (Lipinski definition) is 1. The molecule has 19 heavy (non-hydrogen) atoms. The molecule has 1 fully saturated rings. The fraction of sp³-hybridized carbons (Fsp3) is 0.562. The summed E-state index contributed by atoms with van der Waals surface area (Å²) in [6, 6.07) is 8.52. The molecule has 2 rings (SSSR count). The molecular weight excluding hydrogens is 240 g/mol. The lowest BCUT2D eigenvalue weighted by Crippen LogP contribution is -2.57. The summed E-state index contributed by atoms with van der Waals surface area (Å²) in [4.78, 5) is 11.1. The molecule has 0 spiro atoms. The van der Waals surface area contributed by atoms with Crippen LogP contribution in [0, 0.1) is 5.41 Å². The SMILES string of the molecule is CCc1ccc(C2(C(C)(C)CC(=O)O)COC2)cc1. The van der Waals surface area contributed by atoms with Crippen LogP contribution in [0.5, 0.6) is 0 Å². The average molecular weight is 262 g/mol. The second-order valence-electron chi connectivity index (χ2n) is 6.08. The first kappa shape index (κ1) is 14.1. The van der Waals surface area contributed by atoms with Crippen LogP contribution in [0.1, 0.15) is 38.3 Å². The van der Waals surface area contributed by atoms with Crippen molar-refractivity contribution in [1.29, 1.82) is 0 Å². The number of aliphatic carboxylic acids is 1. The van der Waals surface area contributed by atoms with Gasteiger partial charge in [-0.05, 0) is 23.0 Å². The van der Waals surface area contributed by atoms with E-state index >= 15 is 0 Å². The van der Waals surface area contributed by atoms with Gasteiger partial charge in [0.05, 0.1) is 19.6 Å². The molecule has 1 aliphatic rings. The van der Waals surface area contributed by atoms with Crippen molar-refractivity contribution in [3.05, 3.63) is 35.4 Å². The Morgan fingerprint density at radius 2 is 1.89 bits per heavy atom. The number of carboxylic acid groups (broad SMARTS) is 1. The number of benzene rings is 1. The first-order valence-corrected chi connectivity index (χ1v) is 6.80. The van der Waals surface area contributed by atoms with E-state index in [1.807, 2.05) is 13.8 Å². The molecule has 0 atom stereocenters. The lowest BCUT2D eigenvalue weighted by atomic mass is 9.59. The maximum absolute atomic E-state index is 11.1. The summed E-state index contributed by atoms with van der Waals surface area (Å²) in [6.45, 7) is 7.40. The summed E-state index contributed by atoms with van der Waals surface area (Å²) >= 11 is 0. The zero-order valence-electron chi connectivity index (χ0n) is 11.9.